The van der Waals surface area contributed by atoms with Gasteiger partial charge in [-0.1, -0.05) is 13.8 Å². The Morgan fingerprint density at radius 1 is 0.710 bits per heavy atom. The lowest BCUT2D eigenvalue weighted by Gasteiger charge is -2.13. The van der Waals surface area contributed by atoms with E-state index in [1.807, 2.05) is 24.3 Å². The number of benzene rings is 2. The zero-order chi connectivity index (χ0) is 19.9. The Morgan fingerprint density at radius 2 is 1.13 bits per heavy atom. The van der Waals surface area contributed by atoms with Crippen molar-refractivity contribution in [3.05, 3.63) is 42.5 Å². The van der Waals surface area contributed by atoms with Gasteiger partial charge in [-0.3, -0.25) is 0 Å². The zero-order valence-corrected chi connectivity index (χ0v) is 20.5. The van der Waals surface area contributed by atoms with E-state index in [1.54, 1.807) is 0 Å². The molecule has 3 aromatic rings. The number of nitrogens with two attached hydrogens (primary N) is 2. The summed E-state index contributed by atoms with van der Waals surface area (Å²) in [6.07, 6.45) is 1.92. The minimum absolute atomic E-state index is 0. The zero-order valence-electron chi connectivity index (χ0n) is 18.1. The van der Waals surface area contributed by atoms with Gasteiger partial charge >= 0.3 is 0 Å². The van der Waals surface area contributed by atoms with Crippen molar-refractivity contribution in [2.45, 2.75) is 26.7 Å². The highest BCUT2D eigenvalue weighted by molar-refractivity contribution is 5.93. The van der Waals surface area contributed by atoms with E-state index < -0.39 is 0 Å². The van der Waals surface area contributed by atoms with Gasteiger partial charge in [0.05, 0.1) is 24.2 Å². The first-order chi connectivity index (χ1) is 13.6. The molecule has 31 heavy (non-hydrogen) atoms. The lowest BCUT2D eigenvalue weighted by atomic mass is 10.1. The molecule has 2 aromatic carbocycles. The molecule has 2 atom stereocenters. The van der Waals surface area contributed by atoms with Crippen LogP contribution in [0.2, 0.25) is 0 Å². The summed E-state index contributed by atoms with van der Waals surface area (Å²) in [5.41, 5.74) is 13.1. The fraction of sp³-hybridized carbons (Fsp3) is 0.435. The quantitative estimate of drug-likeness (QED) is 0.373. The van der Waals surface area contributed by atoms with Gasteiger partial charge < -0.3 is 20.9 Å². The van der Waals surface area contributed by atoms with Crippen LogP contribution in [0.4, 0.5) is 0 Å². The molecule has 0 aliphatic rings. The number of fused-ring (bicyclic) bond motifs is 2. The summed E-state index contributed by atoms with van der Waals surface area (Å²) >= 11 is 0. The Balaban J connectivity index is 0.00000300. The Hall–Kier alpha value is -1.50. The molecule has 1 aromatic heterocycles. The molecular formula is C23H34Cl3N3O2. The molecule has 8 heteroatoms. The second-order valence-electron chi connectivity index (χ2n) is 7.68. The van der Waals surface area contributed by atoms with Gasteiger partial charge in [-0.25, -0.2) is 4.98 Å². The lowest BCUT2D eigenvalue weighted by Crippen LogP contribution is -2.13. The van der Waals surface area contributed by atoms with E-state index >= 15 is 0 Å². The highest BCUT2D eigenvalue weighted by atomic mass is 35.5. The maximum atomic E-state index is 5.92. The molecule has 0 saturated heterocycles. The Labute approximate surface area is 203 Å². The predicted octanol–water partition coefficient (Wildman–Crippen LogP) is 5.38. The normalized spacial score (nSPS) is 12.3. The van der Waals surface area contributed by atoms with Crippen LogP contribution in [0, 0.1) is 11.8 Å². The lowest BCUT2D eigenvalue weighted by molar-refractivity contribution is 0.254. The molecule has 0 saturated carbocycles. The largest absolute Gasteiger partial charge is 0.493 e. The maximum absolute atomic E-state index is 5.92. The molecule has 0 radical (unpaired) electrons. The first-order valence-corrected chi connectivity index (χ1v) is 10.1. The molecule has 2 unspecified atom stereocenters. The molecule has 0 bridgehead atoms. The topological polar surface area (TPSA) is 83.4 Å². The molecule has 3 rings (SSSR count). The third-order valence-corrected chi connectivity index (χ3v) is 4.94. The van der Waals surface area contributed by atoms with E-state index in [0.717, 1.165) is 46.1 Å². The average Bonchev–Trinajstić information content (AvgIpc) is 2.69. The summed E-state index contributed by atoms with van der Waals surface area (Å²) in [7, 11) is 0. The predicted molar refractivity (Wildman–Crippen MR) is 138 cm³/mol. The third-order valence-electron chi connectivity index (χ3n) is 4.94. The van der Waals surface area contributed by atoms with Crippen LogP contribution >= 0.6 is 37.2 Å². The number of halogens is 3. The average molecular weight is 491 g/mol. The molecule has 0 spiro atoms. The van der Waals surface area contributed by atoms with E-state index in [9.17, 15) is 0 Å². The Kier molecular flexibility index (Phi) is 13.8. The van der Waals surface area contributed by atoms with Gasteiger partial charge in [0, 0.05) is 22.9 Å². The van der Waals surface area contributed by atoms with Crippen LogP contribution in [-0.4, -0.2) is 31.3 Å². The van der Waals surface area contributed by atoms with Gasteiger partial charge in [-0.05, 0) is 68.1 Å². The fourth-order valence-corrected chi connectivity index (χ4v) is 3.17. The van der Waals surface area contributed by atoms with E-state index in [1.165, 1.54) is 0 Å². The Morgan fingerprint density at radius 3 is 1.52 bits per heavy atom. The SMILES string of the molecule is CC(CCN)COc1ccc2cc3ccc(OCC(C)CCN)cc3nc2c1.Cl.Cl.Cl. The summed E-state index contributed by atoms with van der Waals surface area (Å²) in [4.78, 5) is 4.83. The van der Waals surface area contributed by atoms with Gasteiger partial charge in [0.25, 0.3) is 0 Å². The van der Waals surface area contributed by atoms with Gasteiger partial charge in [-0.15, -0.1) is 37.2 Å². The van der Waals surface area contributed by atoms with E-state index in [2.05, 4.69) is 32.0 Å². The summed E-state index contributed by atoms with van der Waals surface area (Å²) in [6.45, 7) is 6.99. The number of ether oxygens (including phenoxy) is 2. The number of rotatable bonds is 10. The minimum atomic E-state index is 0. The molecule has 0 aliphatic heterocycles. The number of pyridine rings is 1. The third kappa shape index (κ3) is 8.51. The number of nitrogens with zero attached hydrogens (tertiary/aromatic N) is 1. The van der Waals surface area contributed by atoms with Crippen LogP contribution in [0.15, 0.2) is 42.5 Å². The van der Waals surface area contributed by atoms with Crippen molar-refractivity contribution in [3.8, 4) is 11.5 Å². The second kappa shape index (κ2) is 14.5. The maximum Gasteiger partial charge on any atom is 0.121 e. The number of aromatic nitrogens is 1. The van der Waals surface area contributed by atoms with E-state index in [-0.39, 0.29) is 37.2 Å². The van der Waals surface area contributed by atoms with Crippen LogP contribution in [0.5, 0.6) is 11.5 Å². The molecule has 4 N–H and O–H groups in total. The first kappa shape index (κ1) is 29.5. The molecule has 5 nitrogen and oxygen atoms in total. The van der Waals surface area contributed by atoms with Crippen molar-refractivity contribution in [3.63, 3.8) is 0 Å². The standard InChI is InChI=1S/C23H31N3O2.3ClH/c1-16(7-9-24)14-27-20-5-3-18-11-19-4-6-21(28-15-17(2)8-10-25)13-23(19)26-22(18)12-20;;;/h3-6,11-13,16-17H,7-10,14-15,24-25H2,1-2H3;3*1H. The smallest absolute Gasteiger partial charge is 0.121 e. The monoisotopic (exact) mass is 489 g/mol. The van der Waals surface area contributed by atoms with Gasteiger partial charge in [0.2, 0.25) is 0 Å². The van der Waals surface area contributed by atoms with Crippen LogP contribution in [0.25, 0.3) is 21.8 Å². The van der Waals surface area contributed by atoms with Crippen molar-refractivity contribution in [1.29, 1.82) is 0 Å². The highest BCUT2D eigenvalue weighted by Gasteiger charge is 2.07. The molecule has 0 aliphatic carbocycles. The molecule has 0 amide bonds. The highest BCUT2D eigenvalue weighted by Crippen LogP contribution is 2.26. The van der Waals surface area contributed by atoms with Crippen molar-refractivity contribution >= 4 is 59.0 Å². The van der Waals surface area contributed by atoms with Crippen molar-refractivity contribution in [2.24, 2.45) is 23.3 Å². The van der Waals surface area contributed by atoms with Crippen LogP contribution in [0.3, 0.4) is 0 Å². The minimum Gasteiger partial charge on any atom is -0.493 e. The molecular weight excluding hydrogens is 457 g/mol. The summed E-state index contributed by atoms with van der Waals surface area (Å²) in [5, 5.41) is 2.19. The van der Waals surface area contributed by atoms with Crippen LogP contribution in [-0.2, 0) is 0 Å². The van der Waals surface area contributed by atoms with Crippen LogP contribution in [0.1, 0.15) is 26.7 Å². The summed E-state index contributed by atoms with van der Waals surface area (Å²) in [6, 6.07) is 14.3. The number of hydrogen-bond donors (Lipinski definition) is 2. The van der Waals surface area contributed by atoms with Gasteiger partial charge in [0.15, 0.2) is 0 Å². The van der Waals surface area contributed by atoms with Crippen molar-refractivity contribution < 1.29 is 9.47 Å². The number of hydrogen-bond acceptors (Lipinski definition) is 5. The summed E-state index contributed by atoms with van der Waals surface area (Å²) < 4.78 is 11.8. The van der Waals surface area contributed by atoms with E-state index in [0.29, 0.717) is 38.1 Å². The van der Waals surface area contributed by atoms with Crippen molar-refractivity contribution in [1.82, 2.24) is 4.98 Å². The molecule has 1 heterocycles. The molecule has 0 fully saturated rings. The van der Waals surface area contributed by atoms with Crippen LogP contribution < -0.4 is 20.9 Å². The van der Waals surface area contributed by atoms with Gasteiger partial charge in [-0.2, -0.15) is 0 Å². The van der Waals surface area contributed by atoms with Crippen molar-refractivity contribution in [2.75, 3.05) is 26.3 Å². The second-order valence-corrected chi connectivity index (χ2v) is 7.68. The summed E-state index contributed by atoms with van der Waals surface area (Å²) in [5.74, 6) is 2.55. The fourth-order valence-electron chi connectivity index (χ4n) is 3.17. The van der Waals surface area contributed by atoms with E-state index in [4.69, 9.17) is 25.9 Å². The molecule has 174 valence electrons. The first-order valence-electron chi connectivity index (χ1n) is 10.1. The Bertz CT molecular complexity index is 856. The van der Waals surface area contributed by atoms with Gasteiger partial charge in [0.1, 0.15) is 11.5 Å².